The maximum Gasteiger partial charge on any atom is 0.242 e. The molecule has 0 aromatic carbocycles. The van der Waals surface area contributed by atoms with Crippen molar-refractivity contribution in [1.82, 2.24) is 4.90 Å². The molecule has 2 N–H and O–H groups in total. The number of nitrogens with zero attached hydrogens (tertiary/aromatic N) is 1. The van der Waals surface area contributed by atoms with Crippen LogP contribution in [0, 0.1) is 5.41 Å². The van der Waals surface area contributed by atoms with Crippen molar-refractivity contribution in [2.45, 2.75) is 58.9 Å². The third-order valence-corrected chi connectivity index (χ3v) is 4.09. The molecule has 1 rings (SSSR count). The Labute approximate surface area is 99.4 Å². The van der Waals surface area contributed by atoms with Gasteiger partial charge in [-0.15, -0.1) is 0 Å². The standard InChI is InChI=1S/C13H26N2O/c1-5-13(14,6-2)11(16)15-9-7-12(3,4)8-10-15/h5-10,14H2,1-4H3. The molecule has 0 radical (unpaired) electrons. The van der Waals surface area contributed by atoms with Crippen LogP contribution in [0.4, 0.5) is 0 Å². The van der Waals surface area contributed by atoms with Gasteiger partial charge in [0.1, 0.15) is 0 Å². The first-order valence-corrected chi connectivity index (χ1v) is 6.43. The third-order valence-electron chi connectivity index (χ3n) is 4.09. The molecular weight excluding hydrogens is 200 g/mol. The molecule has 1 aliphatic heterocycles. The van der Waals surface area contributed by atoms with Gasteiger partial charge < -0.3 is 10.6 Å². The predicted molar refractivity (Wildman–Crippen MR) is 67.1 cm³/mol. The van der Waals surface area contributed by atoms with Gasteiger partial charge in [-0.25, -0.2) is 0 Å². The second kappa shape index (κ2) is 4.74. The van der Waals surface area contributed by atoms with Gasteiger partial charge in [-0.05, 0) is 31.1 Å². The fourth-order valence-electron chi connectivity index (χ4n) is 2.18. The first kappa shape index (κ1) is 13.5. The average molecular weight is 226 g/mol. The van der Waals surface area contributed by atoms with Crippen molar-refractivity contribution in [3.63, 3.8) is 0 Å². The minimum absolute atomic E-state index is 0.146. The normalized spacial score (nSPS) is 20.9. The molecule has 0 saturated carbocycles. The topological polar surface area (TPSA) is 46.3 Å². The highest BCUT2D eigenvalue weighted by atomic mass is 16.2. The minimum atomic E-state index is -0.637. The summed E-state index contributed by atoms with van der Waals surface area (Å²) in [6.45, 7) is 10.3. The van der Waals surface area contributed by atoms with Gasteiger partial charge in [0.15, 0.2) is 0 Å². The molecule has 0 spiro atoms. The lowest BCUT2D eigenvalue weighted by atomic mass is 9.81. The van der Waals surface area contributed by atoms with E-state index in [-0.39, 0.29) is 5.91 Å². The lowest BCUT2D eigenvalue weighted by Gasteiger charge is -2.40. The molecule has 0 atom stereocenters. The SMILES string of the molecule is CCC(N)(CC)C(=O)N1CCC(C)(C)CC1. The van der Waals surface area contributed by atoms with Crippen molar-refractivity contribution in [1.29, 1.82) is 0 Å². The molecule has 94 valence electrons. The van der Waals surface area contributed by atoms with Gasteiger partial charge in [0.2, 0.25) is 5.91 Å². The summed E-state index contributed by atoms with van der Waals surface area (Å²) in [6, 6.07) is 0. The molecule has 1 amide bonds. The van der Waals surface area contributed by atoms with Gasteiger partial charge in [-0.2, -0.15) is 0 Å². The summed E-state index contributed by atoms with van der Waals surface area (Å²) in [7, 11) is 0. The van der Waals surface area contributed by atoms with Crippen LogP contribution in [0.1, 0.15) is 53.4 Å². The van der Waals surface area contributed by atoms with E-state index in [9.17, 15) is 4.79 Å². The molecular formula is C13H26N2O. The summed E-state index contributed by atoms with van der Waals surface area (Å²) in [6.07, 6.45) is 3.62. The van der Waals surface area contributed by atoms with Crippen LogP contribution in [0.15, 0.2) is 0 Å². The monoisotopic (exact) mass is 226 g/mol. The van der Waals surface area contributed by atoms with E-state index in [0.717, 1.165) is 38.8 Å². The molecule has 0 aliphatic carbocycles. The van der Waals surface area contributed by atoms with Crippen LogP contribution in [-0.4, -0.2) is 29.4 Å². The Bertz CT molecular complexity index is 247. The number of carbonyl (C=O) groups excluding carboxylic acids is 1. The fraction of sp³-hybridized carbons (Fsp3) is 0.923. The Morgan fingerprint density at radius 3 is 2.06 bits per heavy atom. The first-order chi connectivity index (χ1) is 7.34. The molecule has 0 bridgehead atoms. The fourth-order valence-corrected chi connectivity index (χ4v) is 2.18. The van der Waals surface area contributed by atoms with E-state index in [1.165, 1.54) is 0 Å². The Hall–Kier alpha value is -0.570. The van der Waals surface area contributed by atoms with E-state index in [2.05, 4.69) is 13.8 Å². The molecule has 1 fully saturated rings. The lowest BCUT2D eigenvalue weighted by Crippen LogP contribution is -2.56. The summed E-state index contributed by atoms with van der Waals surface area (Å²) in [4.78, 5) is 14.3. The number of amides is 1. The van der Waals surface area contributed by atoms with Gasteiger partial charge in [-0.1, -0.05) is 27.7 Å². The highest BCUT2D eigenvalue weighted by Gasteiger charge is 2.36. The van der Waals surface area contributed by atoms with Crippen LogP contribution in [0.5, 0.6) is 0 Å². The van der Waals surface area contributed by atoms with Crippen molar-refractivity contribution in [3.8, 4) is 0 Å². The Morgan fingerprint density at radius 1 is 1.25 bits per heavy atom. The van der Waals surface area contributed by atoms with Crippen LogP contribution in [0.25, 0.3) is 0 Å². The van der Waals surface area contributed by atoms with Crippen LogP contribution in [0.3, 0.4) is 0 Å². The Kier molecular flexibility index (Phi) is 4.00. The van der Waals surface area contributed by atoms with Crippen molar-refractivity contribution in [3.05, 3.63) is 0 Å². The molecule has 1 aliphatic rings. The van der Waals surface area contributed by atoms with Gasteiger partial charge >= 0.3 is 0 Å². The number of likely N-dealkylation sites (tertiary alicyclic amines) is 1. The number of carbonyl (C=O) groups is 1. The van der Waals surface area contributed by atoms with Gasteiger partial charge in [0.05, 0.1) is 5.54 Å². The zero-order chi connectivity index (χ0) is 12.4. The number of hydrogen-bond acceptors (Lipinski definition) is 2. The van der Waals surface area contributed by atoms with Crippen molar-refractivity contribution in [2.75, 3.05) is 13.1 Å². The van der Waals surface area contributed by atoms with Crippen molar-refractivity contribution >= 4 is 5.91 Å². The van der Waals surface area contributed by atoms with Gasteiger partial charge in [-0.3, -0.25) is 4.79 Å². The zero-order valence-electron chi connectivity index (χ0n) is 11.2. The summed E-state index contributed by atoms with van der Waals surface area (Å²) in [5.74, 6) is 0.146. The van der Waals surface area contributed by atoms with E-state index in [4.69, 9.17) is 5.73 Å². The number of rotatable bonds is 3. The molecule has 1 heterocycles. The highest BCUT2D eigenvalue weighted by Crippen LogP contribution is 2.31. The van der Waals surface area contributed by atoms with Crippen molar-refractivity contribution < 1.29 is 4.79 Å². The molecule has 16 heavy (non-hydrogen) atoms. The zero-order valence-corrected chi connectivity index (χ0v) is 11.2. The first-order valence-electron chi connectivity index (χ1n) is 6.43. The maximum absolute atomic E-state index is 12.3. The van der Waals surface area contributed by atoms with Crippen molar-refractivity contribution in [2.24, 2.45) is 11.1 Å². The second-order valence-corrected chi connectivity index (χ2v) is 5.82. The number of piperidine rings is 1. The van der Waals surface area contributed by atoms with E-state index in [0.29, 0.717) is 5.41 Å². The molecule has 0 aromatic heterocycles. The number of nitrogens with two attached hydrogens (primary N) is 1. The Morgan fingerprint density at radius 2 is 1.69 bits per heavy atom. The van der Waals surface area contributed by atoms with Crippen LogP contribution in [-0.2, 0) is 4.79 Å². The third kappa shape index (κ3) is 2.76. The highest BCUT2D eigenvalue weighted by molar-refractivity contribution is 5.86. The summed E-state index contributed by atoms with van der Waals surface area (Å²) in [5, 5.41) is 0. The van der Waals surface area contributed by atoms with Crippen LogP contribution in [0.2, 0.25) is 0 Å². The predicted octanol–water partition coefficient (Wildman–Crippen LogP) is 2.15. The van der Waals surface area contributed by atoms with E-state index in [1.807, 2.05) is 18.7 Å². The van der Waals surface area contributed by atoms with E-state index >= 15 is 0 Å². The van der Waals surface area contributed by atoms with E-state index < -0.39 is 5.54 Å². The summed E-state index contributed by atoms with van der Waals surface area (Å²) < 4.78 is 0. The average Bonchev–Trinajstić information content (AvgIpc) is 2.27. The maximum atomic E-state index is 12.3. The van der Waals surface area contributed by atoms with Gasteiger partial charge in [0.25, 0.3) is 0 Å². The lowest BCUT2D eigenvalue weighted by molar-refractivity contribution is -0.139. The summed E-state index contributed by atoms with van der Waals surface area (Å²) in [5.41, 5.74) is 5.89. The Balaban J connectivity index is 2.63. The smallest absolute Gasteiger partial charge is 0.242 e. The molecule has 0 aromatic rings. The van der Waals surface area contributed by atoms with Gasteiger partial charge in [0, 0.05) is 13.1 Å². The molecule has 0 unspecified atom stereocenters. The summed E-state index contributed by atoms with van der Waals surface area (Å²) >= 11 is 0. The van der Waals surface area contributed by atoms with Crippen LogP contribution >= 0.6 is 0 Å². The molecule has 3 heteroatoms. The minimum Gasteiger partial charge on any atom is -0.341 e. The quantitative estimate of drug-likeness (QED) is 0.801. The van der Waals surface area contributed by atoms with E-state index in [1.54, 1.807) is 0 Å². The number of hydrogen-bond donors (Lipinski definition) is 1. The largest absolute Gasteiger partial charge is 0.341 e. The molecule has 3 nitrogen and oxygen atoms in total. The molecule has 1 saturated heterocycles. The van der Waals surface area contributed by atoms with Crippen LogP contribution < -0.4 is 5.73 Å². The second-order valence-electron chi connectivity index (χ2n) is 5.82.